The summed E-state index contributed by atoms with van der Waals surface area (Å²) in [6, 6.07) is 23.6. The van der Waals surface area contributed by atoms with Crippen molar-refractivity contribution in [2.75, 3.05) is 6.61 Å². The van der Waals surface area contributed by atoms with Crippen molar-refractivity contribution in [3.05, 3.63) is 105 Å². The van der Waals surface area contributed by atoms with Crippen molar-refractivity contribution in [2.24, 2.45) is 0 Å². The van der Waals surface area contributed by atoms with E-state index in [-0.39, 0.29) is 47.7 Å². The SMILES string of the molecule is Fc1ccc([Se]C2=C([Se]c3ccc(F)cc3)C(c3ccccc3)OC2)cc1. The van der Waals surface area contributed by atoms with E-state index in [1.54, 1.807) is 0 Å². The first kappa shape index (κ1) is 18.6. The molecule has 0 radical (unpaired) electrons. The molecule has 4 rings (SSSR count). The first-order valence-electron chi connectivity index (χ1n) is 8.45. The molecule has 3 aromatic carbocycles. The molecule has 0 aromatic heterocycles. The topological polar surface area (TPSA) is 9.23 Å². The van der Waals surface area contributed by atoms with E-state index in [0.717, 1.165) is 14.5 Å². The summed E-state index contributed by atoms with van der Waals surface area (Å²) in [7, 11) is 0. The van der Waals surface area contributed by atoms with Crippen molar-refractivity contribution in [3.8, 4) is 0 Å². The molecule has 3 aromatic rings. The molecular weight excluding hydrogens is 476 g/mol. The van der Waals surface area contributed by atoms with Crippen LogP contribution in [0.5, 0.6) is 0 Å². The van der Waals surface area contributed by atoms with Crippen molar-refractivity contribution in [3.63, 3.8) is 0 Å². The molecule has 0 bridgehead atoms. The molecule has 0 aliphatic carbocycles. The Labute approximate surface area is 169 Å². The van der Waals surface area contributed by atoms with Gasteiger partial charge in [0.25, 0.3) is 0 Å². The van der Waals surface area contributed by atoms with Crippen LogP contribution in [0.25, 0.3) is 0 Å². The number of halogens is 2. The van der Waals surface area contributed by atoms with Crippen LogP contribution in [0, 0.1) is 11.6 Å². The summed E-state index contributed by atoms with van der Waals surface area (Å²) in [4.78, 5) is 0. The van der Waals surface area contributed by atoms with E-state index in [9.17, 15) is 8.78 Å². The van der Waals surface area contributed by atoms with Crippen molar-refractivity contribution >= 4 is 38.8 Å². The van der Waals surface area contributed by atoms with Gasteiger partial charge in [0.15, 0.2) is 0 Å². The summed E-state index contributed by atoms with van der Waals surface area (Å²) < 4.78 is 37.5. The predicted octanol–water partition coefficient (Wildman–Crippen LogP) is 3.31. The molecule has 1 nitrogen and oxygen atoms in total. The van der Waals surface area contributed by atoms with Crippen LogP contribution in [-0.4, -0.2) is 36.5 Å². The van der Waals surface area contributed by atoms with Gasteiger partial charge in [0.05, 0.1) is 0 Å². The van der Waals surface area contributed by atoms with E-state index >= 15 is 0 Å². The molecule has 0 fully saturated rings. The van der Waals surface area contributed by atoms with Crippen LogP contribution < -0.4 is 8.92 Å². The number of hydrogen-bond donors (Lipinski definition) is 0. The van der Waals surface area contributed by atoms with Crippen LogP contribution in [0.15, 0.2) is 87.8 Å². The van der Waals surface area contributed by atoms with Crippen molar-refractivity contribution in [2.45, 2.75) is 6.10 Å². The minimum atomic E-state index is -0.221. The fourth-order valence-electron chi connectivity index (χ4n) is 2.79. The number of hydrogen-bond acceptors (Lipinski definition) is 1. The first-order chi connectivity index (χ1) is 13.2. The first-order valence-corrected chi connectivity index (χ1v) is 11.9. The summed E-state index contributed by atoms with van der Waals surface area (Å²) in [6.45, 7) is 0.592. The zero-order chi connectivity index (χ0) is 18.6. The third-order valence-corrected chi connectivity index (χ3v) is 9.53. The summed E-state index contributed by atoms with van der Waals surface area (Å²) in [5.41, 5.74) is 1.14. The second kappa shape index (κ2) is 8.51. The van der Waals surface area contributed by atoms with Gasteiger partial charge in [-0.3, -0.25) is 0 Å². The quantitative estimate of drug-likeness (QED) is 0.497. The van der Waals surface area contributed by atoms with Gasteiger partial charge in [-0.2, -0.15) is 0 Å². The molecule has 0 saturated heterocycles. The van der Waals surface area contributed by atoms with Crippen molar-refractivity contribution in [1.29, 1.82) is 0 Å². The average molecular weight is 492 g/mol. The second-order valence-electron chi connectivity index (χ2n) is 6.00. The normalized spacial score (nSPS) is 16.7. The number of benzene rings is 3. The standard InChI is InChI=1S/C22H16F2OSe2/c23-16-6-10-18(11-7-16)26-20-14-25-21(15-4-2-1-3-5-15)22(20)27-19-12-8-17(24)9-13-19/h1-13,21H,14H2. The van der Waals surface area contributed by atoms with Crippen LogP contribution in [0.4, 0.5) is 8.78 Å². The van der Waals surface area contributed by atoms with E-state index in [2.05, 4.69) is 12.1 Å². The Morgan fingerprint density at radius 3 is 1.85 bits per heavy atom. The van der Waals surface area contributed by atoms with Gasteiger partial charge in [-0.25, -0.2) is 0 Å². The molecule has 1 unspecified atom stereocenters. The molecule has 0 spiro atoms. The summed E-state index contributed by atoms with van der Waals surface area (Å²) in [5, 5.41) is 0. The van der Waals surface area contributed by atoms with Gasteiger partial charge in [0, 0.05) is 0 Å². The van der Waals surface area contributed by atoms with Crippen LogP contribution >= 0.6 is 0 Å². The Morgan fingerprint density at radius 2 is 1.26 bits per heavy atom. The molecule has 1 atom stereocenters. The van der Waals surface area contributed by atoms with Crippen LogP contribution in [-0.2, 0) is 4.74 Å². The van der Waals surface area contributed by atoms with Gasteiger partial charge in [-0.05, 0) is 0 Å². The third kappa shape index (κ3) is 4.57. The minimum absolute atomic E-state index is 0.0435. The predicted molar refractivity (Wildman–Crippen MR) is 106 cm³/mol. The van der Waals surface area contributed by atoms with Gasteiger partial charge in [-0.1, -0.05) is 0 Å². The van der Waals surface area contributed by atoms with E-state index < -0.39 is 0 Å². The zero-order valence-electron chi connectivity index (χ0n) is 14.3. The summed E-state index contributed by atoms with van der Waals surface area (Å²) in [6.07, 6.45) is -0.0615. The average Bonchev–Trinajstić information content (AvgIpc) is 3.08. The van der Waals surface area contributed by atoms with Gasteiger partial charge >= 0.3 is 170 Å². The number of ether oxygens (including phenoxy) is 1. The van der Waals surface area contributed by atoms with E-state index in [0.29, 0.717) is 6.61 Å². The van der Waals surface area contributed by atoms with Crippen molar-refractivity contribution in [1.82, 2.24) is 0 Å². The Morgan fingerprint density at radius 1 is 0.704 bits per heavy atom. The monoisotopic (exact) mass is 494 g/mol. The van der Waals surface area contributed by atoms with Crippen LogP contribution in [0.2, 0.25) is 0 Å². The van der Waals surface area contributed by atoms with Crippen molar-refractivity contribution < 1.29 is 13.5 Å². The van der Waals surface area contributed by atoms with Crippen LogP contribution in [0.1, 0.15) is 11.7 Å². The van der Waals surface area contributed by atoms with Gasteiger partial charge in [0.1, 0.15) is 0 Å². The Kier molecular flexibility index (Phi) is 5.87. The van der Waals surface area contributed by atoms with E-state index in [1.807, 2.05) is 42.5 Å². The molecule has 0 saturated carbocycles. The molecule has 1 aliphatic rings. The molecule has 1 aliphatic heterocycles. The Bertz CT molecular complexity index is 938. The zero-order valence-corrected chi connectivity index (χ0v) is 17.7. The molecule has 0 amide bonds. The third-order valence-electron chi connectivity index (χ3n) is 4.09. The molecule has 0 N–H and O–H groups in total. The Hall–Kier alpha value is -1.74. The molecule has 5 heteroatoms. The molecular formula is C22H16F2OSe2. The van der Waals surface area contributed by atoms with E-state index in [4.69, 9.17) is 4.74 Å². The van der Waals surface area contributed by atoms with Gasteiger partial charge in [-0.15, -0.1) is 0 Å². The van der Waals surface area contributed by atoms with Gasteiger partial charge < -0.3 is 0 Å². The molecule has 1 heterocycles. The van der Waals surface area contributed by atoms with Gasteiger partial charge in [0.2, 0.25) is 0 Å². The summed E-state index contributed by atoms with van der Waals surface area (Å²) >= 11 is 0.121. The molecule has 27 heavy (non-hydrogen) atoms. The van der Waals surface area contributed by atoms with E-state index in [1.165, 1.54) is 33.2 Å². The maximum atomic E-state index is 13.3. The number of rotatable bonds is 5. The Balaban J connectivity index is 1.67. The van der Waals surface area contributed by atoms with Crippen LogP contribution in [0.3, 0.4) is 0 Å². The maximum absolute atomic E-state index is 13.3. The summed E-state index contributed by atoms with van der Waals surface area (Å²) in [5.74, 6) is -0.439. The fraction of sp³-hybridized carbons (Fsp3) is 0.0909. The molecule has 136 valence electrons. The fourth-order valence-corrected chi connectivity index (χ4v) is 7.69. The second-order valence-corrected chi connectivity index (χ2v) is 10.8.